The minimum Gasteiger partial charge on any atom is -0.469 e. The topological polar surface area (TPSA) is 55.1 Å². The van der Waals surface area contributed by atoms with Crippen molar-refractivity contribution in [2.45, 2.75) is 13.8 Å². The van der Waals surface area contributed by atoms with Crippen molar-refractivity contribution in [2.24, 2.45) is 0 Å². The van der Waals surface area contributed by atoms with Gasteiger partial charge in [0.2, 0.25) is 0 Å². The Morgan fingerprint density at radius 1 is 1.35 bits per heavy atom. The van der Waals surface area contributed by atoms with Crippen LogP contribution < -0.4 is 5.32 Å². The van der Waals surface area contributed by atoms with Crippen LogP contribution in [0.3, 0.4) is 0 Å². The van der Waals surface area contributed by atoms with Gasteiger partial charge in [0, 0.05) is 0 Å². The lowest BCUT2D eigenvalue weighted by Gasteiger charge is -2.07. The van der Waals surface area contributed by atoms with Gasteiger partial charge in [0.15, 0.2) is 0 Å². The van der Waals surface area contributed by atoms with E-state index in [4.69, 9.17) is 4.42 Å². The molecule has 2 heterocycles. The number of hydrogen-bond donors (Lipinski definition) is 1. The molecule has 0 aliphatic carbocycles. The number of aromatic nitrogens is 1. The Morgan fingerprint density at radius 2 is 2.12 bits per heavy atom. The molecule has 0 spiro atoms. The second kappa shape index (κ2) is 4.71. The van der Waals surface area contributed by atoms with Crippen LogP contribution >= 0.6 is 15.9 Å². The van der Waals surface area contributed by atoms with E-state index in [1.54, 1.807) is 25.1 Å². The average molecular weight is 295 g/mol. The Labute approximate surface area is 107 Å². The summed E-state index contributed by atoms with van der Waals surface area (Å²) in [6.07, 6.45) is 1.50. The molecular weight excluding hydrogens is 284 g/mol. The molecule has 1 amide bonds. The molecule has 5 heteroatoms. The van der Waals surface area contributed by atoms with Gasteiger partial charge in [-0.2, -0.15) is 0 Å². The SMILES string of the molecule is Cc1nc(Br)ccc1NC(=O)c1ccoc1C. The Kier molecular flexibility index (Phi) is 3.28. The van der Waals surface area contributed by atoms with Crippen molar-refractivity contribution in [3.63, 3.8) is 0 Å². The van der Waals surface area contributed by atoms with Crippen molar-refractivity contribution >= 4 is 27.5 Å². The number of hydrogen-bond acceptors (Lipinski definition) is 3. The fourth-order valence-electron chi connectivity index (χ4n) is 1.47. The molecule has 2 aromatic rings. The summed E-state index contributed by atoms with van der Waals surface area (Å²) in [6, 6.07) is 5.23. The maximum absolute atomic E-state index is 11.9. The number of amides is 1. The zero-order valence-electron chi connectivity index (χ0n) is 9.45. The van der Waals surface area contributed by atoms with Gasteiger partial charge in [0.1, 0.15) is 10.4 Å². The zero-order chi connectivity index (χ0) is 12.4. The van der Waals surface area contributed by atoms with Crippen LogP contribution in [-0.2, 0) is 0 Å². The predicted octanol–water partition coefficient (Wildman–Crippen LogP) is 3.31. The Morgan fingerprint density at radius 3 is 2.71 bits per heavy atom. The molecule has 0 atom stereocenters. The van der Waals surface area contributed by atoms with Gasteiger partial charge in [-0.3, -0.25) is 4.79 Å². The molecule has 4 nitrogen and oxygen atoms in total. The fourth-order valence-corrected chi connectivity index (χ4v) is 1.87. The number of furan rings is 1. The van der Waals surface area contributed by atoms with Crippen LogP contribution in [0, 0.1) is 13.8 Å². The van der Waals surface area contributed by atoms with Crippen LogP contribution in [0.4, 0.5) is 5.69 Å². The second-order valence-electron chi connectivity index (χ2n) is 3.61. The quantitative estimate of drug-likeness (QED) is 0.865. The summed E-state index contributed by atoms with van der Waals surface area (Å²) in [5.74, 6) is 0.411. The van der Waals surface area contributed by atoms with Crippen molar-refractivity contribution in [2.75, 3.05) is 5.32 Å². The lowest BCUT2D eigenvalue weighted by Crippen LogP contribution is -2.13. The molecule has 0 saturated carbocycles. The third-order valence-corrected chi connectivity index (χ3v) is 2.85. The summed E-state index contributed by atoms with van der Waals surface area (Å²) in [5.41, 5.74) is 1.99. The lowest BCUT2D eigenvalue weighted by molar-refractivity contribution is 0.102. The summed E-state index contributed by atoms with van der Waals surface area (Å²) < 4.78 is 5.83. The summed E-state index contributed by atoms with van der Waals surface area (Å²) in [7, 11) is 0. The molecule has 88 valence electrons. The van der Waals surface area contributed by atoms with E-state index in [1.165, 1.54) is 6.26 Å². The minimum atomic E-state index is -0.191. The molecule has 17 heavy (non-hydrogen) atoms. The van der Waals surface area contributed by atoms with Gasteiger partial charge in [0.25, 0.3) is 5.91 Å². The van der Waals surface area contributed by atoms with Gasteiger partial charge in [-0.15, -0.1) is 0 Å². The zero-order valence-corrected chi connectivity index (χ0v) is 11.0. The first kappa shape index (κ1) is 11.9. The number of pyridine rings is 1. The molecule has 0 aromatic carbocycles. The van der Waals surface area contributed by atoms with E-state index in [0.717, 1.165) is 10.3 Å². The van der Waals surface area contributed by atoms with E-state index in [-0.39, 0.29) is 5.91 Å². The highest BCUT2D eigenvalue weighted by molar-refractivity contribution is 9.10. The van der Waals surface area contributed by atoms with Crippen LogP contribution in [0.25, 0.3) is 0 Å². The third-order valence-electron chi connectivity index (χ3n) is 2.40. The monoisotopic (exact) mass is 294 g/mol. The predicted molar refractivity (Wildman–Crippen MR) is 68.1 cm³/mol. The highest BCUT2D eigenvalue weighted by Crippen LogP contribution is 2.18. The summed E-state index contributed by atoms with van der Waals surface area (Å²) in [6.45, 7) is 3.59. The van der Waals surface area contributed by atoms with E-state index in [2.05, 4.69) is 26.2 Å². The molecule has 0 saturated heterocycles. The molecule has 0 unspecified atom stereocenters. The van der Waals surface area contributed by atoms with Gasteiger partial charge in [-0.25, -0.2) is 4.98 Å². The number of carbonyl (C=O) groups excluding carboxylic acids is 1. The minimum absolute atomic E-state index is 0.191. The van der Waals surface area contributed by atoms with E-state index in [1.807, 2.05) is 6.92 Å². The normalized spacial score (nSPS) is 10.3. The maximum Gasteiger partial charge on any atom is 0.259 e. The van der Waals surface area contributed by atoms with Crippen molar-refractivity contribution in [1.29, 1.82) is 0 Å². The van der Waals surface area contributed by atoms with Gasteiger partial charge in [-0.1, -0.05) is 0 Å². The molecular formula is C12H11BrN2O2. The maximum atomic E-state index is 11.9. The summed E-state index contributed by atoms with van der Waals surface area (Å²) in [4.78, 5) is 16.1. The van der Waals surface area contributed by atoms with Crippen molar-refractivity contribution in [3.8, 4) is 0 Å². The first-order valence-electron chi connectivity index (χ1n) is 5.06. The van der Waals surface area contributed by atoms with Crippen molar-refractivity contribution in [3.05, 3.63) is 46.1 Å². The van der Waals surface area contributed by atoms with Crippen LogP contribution in [0.2, 0.25) is 0 Å². The highest BCUT2D eigenvalue weighted by atomic mass is 79.9. The summed E-state index contributed by atoms with van der Waals surface area (Å²) >= 11 is 3.27. The van der Waals surface area contributed by atoms with Gasteiger partial charge in [-0.05, 0) is 48.0 Å². The number of rotatable bonds is 2. The first-order valence-corrected chi connectivity index (χ1v) is 5.86. The molecule has 0 radical (unpaired) electrons. The van der Waals surface area contributed by atoms with Gasteiger partial charge < -0.3 is 9.73 Å². The number of nitrogens with zero attached hydrogens (tertiary/aromatic N) is 1. The molecule has 2 rings (SSSR count). The van der Waals surface area contributed by atoms with Gasteiger partial charge >= 0.3 is 0 Å². The van der Waals surface area contributed by atoms with Crippen LogP contribution in [-0.4, -0.2) is 10.9 Å². The molecule has 0 bridgehead atoms. The van der Waals surface area contributed by atoms with Gasteiger partial charge in [0.05, 0.1) is 23.2 Å². The Balaban J connectivity index is 2.22. The average Bonchev–Trinajstić information content (AvgIpc) is 2.68. The van der Waals surface area contributed by atoms with Crippen molar-refractivity contribution in [1.82, 2.24) is 4.98 Å². The van der Waals surface area contributed by atoms with E-state index in [0.29, 0.717) is 17.0 Å². The van der Waals surface area contributed by atoms with Crippen molar-refractivity contribution < 1.29 is 9.21 Å². The van der Waals surface area contributed by atoms with Crippen LogP contribution in [0.15, 0.2) is 33.5 Å². The standard InChI is InChI=1S/C12H11BrN2O2/c1-7-10(3-4-11(13)14-7)15-12(16)9-5-6-17-8(9)2/h3-6H,1-2H3,(H,15,16). The molecule has 1 N–H and O–H groups in total. The second-order valence-corrected chi connectivity index (χ2v) is 4.42. The van der Waals surface area contributed by atoms with E-state index in [9.17, 15) is 4.79 Å². The molecule has 2 aromatic heterocycles. The van der Waals surface area contributed by atoms with Crippen LogP contribution in [0.1, 0.15) is 21.8 Å². The fraction of sp³-hybridized carbons (Fsp3) is 0.167. The molecule has 0 aliphatic heterocycles. The number of aryl methyl sites for hydroxylation is 2. The molecule has 0 aliphatic rings. The molecule has 0 fully saturated rings. The van der Waals surface area contributed by atoms with E-state index < -0.39 is 0 Å². The number of halogens is 1. The number of anilines is 1. The third kappa shape index (κ3) is 2.55. The highest BCUT2D eigenvalue weighted by Gasteiger charge is 2.12. The Hall–Kier alpha value is -1.62. The number of nitrogens with one attached hydrogen (secondary N) is 1. The van der Waals surface area contributed by atoms with Crippen LogP contribution in [0.5, 0.6) is 0 Å². The largest absolute Gasteiger partial charge is 0.469 e. The Bertz CT molecular complexity index is 563. The summed E-state index contributed by atoms with van der Waals surface area (Å²) in [5, 5.41) is 2.80. The smallest absolute Gasteiger partial charge is 0.259 e. The first-order chi connectivity index (χ1) is 8.08. The van der Waals surface area contributed by atoms with E-state index >= 15 is 0 Å². The lowest BCUT2D eigenvalue weighted by atomic mass is 10.2. The number of carbonyl (C=O) groups is 1.